The summed E-state index contributed by atoms with van der Waals surface area (Å²) < 4.78 is 0. The number of hydrogen-bond donors (Lipinski definition) is 1. The van der Waals surface area contributed by atoms with E-state index in [-0.39, 0.29) is 0 Å². The molecule has 2 unspecified atom stereocenters. The first-order valence-corrected chi connectivity index (χ1v) is 6.68. The Balaban J connectivity index is 2.09. The fourth-order valence-electron chi connectivity index (χ4n) is 2.89. The van der Waals surface area contributed by atoms with Gasteiger partial charge in [0.25, 0.3) is 0 Å². The Morgan fingerprint density at radius 3 is 3.00 bits per heavy atom. The molecule has 1 aromatic rings. The highest BCUT2D eigenvalue weighted by atomic mass is 15.1. The van der Waals surface area contributed by atoms with Crippen molar-refractivity contribution in [1.82, 2.24) is 4.90 Å². The first kappa shape index (κ1) is 12.6. The van der Waals surface area contributed by atoms with Crippen LogP contribution in [0.5, 0.6) is 0 Å². The number of likely N-dealkylation sites (tertiary alicyclic amines) is 1. The van der Waals surface area contributed by atoms with E-state index in [0.717, 1.165) is 5.92 Å². The molecule has 2 rings (SSSR count). The van der Waals surface area contributed by atoms with Crippen LogP contribution in [0.15, 0.2) is 24.3 Å². The summed E-state index contributed by atoms with van der Waals surface area (Å²) in [5, 5.41) is 0. The Bertz CT molecular complexity index is 362. The van der Waals surface area contributed by atoms with Gasteiger partial charge in [0.1, 0.15) is 0 Å². The normalized spacial score (nSPS) is 23.6. The van der Waals surface area contributed by atoms with Gasteiger partial charge < -0.3 is 10.6 Å². The van der Waals surface area contributed by atoms with Crippen molar-refractivity contribution in [2.45, 2.75) is 32.2 Å². The predicted molar refractivity (Wildman–Crippen MR) is 73.0 cm³/mol. The molecule has 0 bridgehead atoms. The van der Waals surface area contributed by atoms with E-state index in [2.05, 4.69) is 43.1 Å². The lowest BCUT2D eigenvalue weighted by molar-refractivity contribution is 0.191. The van der Waals surface area contributed by atoms with Gasteiger partial charge in [0.15, 0.2) is 0 Å². The minimum absolute atomic E-state index is 0.643. The fraction of sp³-hybridized carbons (Fsp3) is 0.600. The number of rotatable bonds is 3. The van der Waals surface area contributed by atoms with Crippen LogP contribution in [0.4, 0.5) is 0 Å². The van der Waals surface area contributed by atoms with Crippen LogP contribution < -0.4 is 5.73 Å². The summed E-state index contributed by atoms with van der Waals surface area (Å²) in [5.41, 5.74) is 8.41. The third-order valence-electron chi connectivity index (χ3n) is 4.08. The SMILES string of the molecule is CC(c1cccc(CN)c1)C1CCCN(C)C1. The van der Waals surface area contributed by atoms with Crippen LogP contribution in [0.3, 0.4) is 0 Å². The minimum Gasteiger partial charge on any atom is -0.326 e. The van der Waals surface area contributed by atoms with Gasteiger partial charge in [0.05, 0.1) is 0 Å². The molecule has 1 aliphatic heterocycles. The van der Waals surface area contributed by atoms with Crippen molar-refractivity contribution >= 4 is 0 Å². The third kappa shape index (κ3) is 3.08. The van der Waals surface area contributed by atoms with E-state index >= 15 is 0 Å². The van der Waals surface area contributed by atoms with Gasteiger partial charge >= 0.3 is 0 Å². The maximum Gasteiger partial charge on any atom is 0.0178 e. The number of nitrogens with zero attached hydrogens (tertiary/aromatic N) is 1. The molecule has 0 saturated carbocycles. The maximum atomic E-state index is 5.71. The second kappa shape index (κ2) is 5.65. The summed E-state index contributed by atoms with van der Waals surface area (Å²) in [7, 11) is 2.23. The quantitative estimate of drug-likeness (QED) is 0.868. The molecule has 0 radical (unpaired) electrons. The Morgan fingerprint density at radius 1 is 1.47 bits per heavy atom. The van der Waals surface area contributed by atoms with Crippen LogP contribution in [0, 0.1) is 5.92 Å². The average molecular weight is 232 g/mol. The summed E-state index contributed by atoms with van der Waals surface area (Å²) in [6, 6.07) is 8.78. The van der Waals surface area contributed by atoms with Crippen molar-refractivity contribution in [1.29, 1.82) is 0 Å². The predicted octanol–water partition coefficient (Wildman–Crippen LogP) is 2.59. The lowest BCUT2D eigenvalue weighted by atomic mass is 9.82. The van der Waals surface area contributed by atoms with E-state index in [1.807, 2.05) is 0 Å². The monoisotopic (exact) mass is 232 g/mol. The van der Waals surface area contributed by atoms with Crippen LogP contribution >= 0.6 is 0 Å². The smallest absolute Gasteiger partial charge is 0.0178 e. The van der Waals surface area contributed by atoms with E-state index < -0.39 is 0 Å². The van der Waals surface area contributed by atoms with Gasteiger partial charge in [-0.15, -0.1) is 0 Å². The second-order valence-electron chi connectivity index (χ2n) is 5.40. The van der Waals surface area contributed by atoms with Gasteiger partial charge in [-0.2, -0.15) is 0 Å². The number of piperidine rings is 1. The van der Waals surface area contributed by atoms with Crippen molar-refractivity contribution in [2.24, 2.45) is 11.7 Å². The van der Waals surface area contributed by atoms with Crippen LogP contribution in [0.1, 0.15) is 36.8 Å². The Hall–Kier alpha value is -0.860. The molecular formula is C15H24N2. The summed E-state index contributed by atoms with van der Waals surface area (Å²) >= 11 is 0. The van der Waals surface area contributed by atoms with Crippen molar-refractivity contribution < 1.29 is 0 Å². The van der Waals surface area contributed by atoms with E-state index in [0.29, 0.717) is 12.5 Å². The molecule has 1 heterocycles. The van der Waals surface area contributed by atoms with Gasteiger partial charge in [0.2, 0.25) is 0 Å². The van der Waals surface area contributed by atoms with E-state index in [1.54, 1.807) is 0 Å². The average Bonchev–Trinajstić information content (AvgIpc) is 2.38. The maximum absolute atomic E-state index is 5.71. The van der Waals surface area contributed by atoms with Crippen LogP contribution in [0.2, 0.25) is 0 Å². The van der Waals surface area contributed by atoms with Crippen molar-refractivity contribution in [3.63, 3.8) is 0 Å². The number of hydrogen-bond acceptors (Lipinski definition) is 2. The molecule has 2 atom stereocenters. The van der Waals surface area contributed by atoms with Crippen molar-refractivity contribution in [3.8, 4) is 0 Å². The lowest BCUT2D eigenvalue weighted by Crippen LogP contribution is -2.34. The van der Waals surface area contributed by atoms with Gasteiger partial charge in [-0.25, -0.2) is 0 Å². The van der Waals surface area contributed by atoms with Gasteiger partial charge in [-0.3, -0.25) is 0 Å². The highest BCUT2D eigenvalue weighted by molar-refractivity contribution is 5.26. The molecule has 1 aliphatic rings. The van der Waals surface area contributed by atoms with Gasteiger partial charge in [0, 0.05) is 13.1 Å². The molecule has 1 fully saturated rings. The molecule has 1 aromatic carbocycles. The third-order valence-corrected chi connectivity index (χ3v) is 4.08. The van der Waals surface area contributed by atoms with Crippen LogP contribution in [-0.2, 0) is 6.54 Å². The van der Waals surface area contributed by atoms with E-state index in [9.17, 15) is 0 Å². The van der Waals surface area contributed by atoms with Crippen molar-refractivity contribution in [3.05, 3.63) is 35.4 Å². The Kier molecular flexibility index (Phi) is 4.19. The fourth-order valence-corrected chi connectivity index (χ4v) is 2.89. The molecule has 2 nitrogen and oxygen atoms in total. The summed E-state index contributed by atoms with van der Waals surface area (Å²) in [5.74, 6) is 1.44. The first-order valence-electron chi connectivity index (χ1n) is 6.68. The summed E-state index contributed by atoms with van der Waals surface area (Å²) in [4.78, 5) is 2.46. The first-order chi connectivity index (χ1) is 8.20. The molecule has 17 heavy (non-hydrogen) atoms. The Labute approximate surface area is 105 Å². The summed E-state index contributed by atoms with van der Waals surface area (Å²) in [6.45, 7) is 5.49. The zero-order valence-corrected chi connectivity index (χ0v) is 11.0. The standard InChI is InChI=1S/C15H24N2/c1-12(15-7-4-8-17(2)11-15)14-6-3-5-13(9-14)10-16/h3,5-6,9,12,15H,4,7-8,10-11,16H2,1-2H3. The van der Waals surface area contributed by atoms with Crippen LogP contribution in [0.25, 0.3) is 0 Å². The minimum atomic E-state index is 0.643. The topological polar surface area (TPSA) is 29.3 Å². The van der Waals surface area contributed by atoms with Gasteiger partial charge in [-0.1, -0.05) is 31.2 Å². The Morgan fingerprint density at radius 2 is 2.29 bits per heavy atom. The molecule has 0 aliphatic carbocycles. The van der Waals surface area contributed by atoms with E-state index in [1.165, 1.54) is 37.1 Å². The zero-order chi connectivity index (χ0) is 12.3. The molecule has 0 aromatic heterocycles. The molecule has 1 saturated heterocycles. The molecule has 0 amide bonds. The van der Waals surface area contributed by atoms with Gasteiger partial charge in [-0.05, 0) is 49.4 Å². The highest BCUT2D eigenvalue weighted by Crippen LogP contribution is 2.31. The molecular weight excluding hydrogens is 208 g/mol. The molecule has 2 heteroatoms. The largest absolute Gasteiger partial charge is 0.326 e. The van der Waals surface area contributed by atoms with Crippen LogP contribution in [-0.4, -0.2) is 25.0 Å². The summed E-state index contributed by atoms with van der Waals surface area (Å²) in [6.07, 6.45) is 2.69. The van der Waals surface area contributed by atoms with Crippen molar-refractivity contribution in [2.75, 3.05) is 20.1 Å². The molecule has 0 spiro atoms. The molecule has 94 valence electrons. The molecule has 2 N–H and O–H groups in total. The van der Waals surface area contributed by atoms with E-state index in [4.69, 9.17) is 5.73 Å². The zero-order valence-electron chi connectivity index (χ0n) is 11.0. The second-order valence-corrected chi connectivity index (χ2v) is 5.40. The lowest BCUT2D eigenvalue weighted by Gasteiger charge is -2.33. The number of benzene rings is 1. The number of nitrogens with two attached hydrogens (primary N) is 1. The highest BCUT2D eigenvalue weighted by Gasteiger charge is 2.23.